The van der Waals surface area contributed by atoms with Crippen LogP contribution in [0.4, 0.5) is 10.1 Å². The van der Waals surface area contributed by atoms with E-state index in [4.69, 9.17) is 4.74 Å². The molecule has 0 spiro atoms. The third-order valence-electron chi connectivity index (χ3n) is 3.11. The summed E-state index contributed by atoms with van der Waals surface area (Å²) in [6.45, 7) is 3.95. The molecule has 0 radical (unpaired) electrons. The number of ether oxygens (including phenoxy) is 1. The normalized spacial score (nSPS) is 12.0. The summed E-state index contributed by atoms with van der Waals surface area (Å²) in [6.07, 6.45) is 0. The highest BCUT2D eigenvalue weighted by molar-refractivity contribution is 5.49. The van der Waals surface area contributed by atoms with Crippen molar-refractivity contribution in [1.82, 2.24) is 0 Å². The number of hydrogen-bond donors (Lipinski definition) is 1. The molecule has 2 aromatic rings. The van der Waals surface area contributed by atoms with Gasteiger partial charge in [0.1, 0.15) is 11.6 Å². The molecular weight excluding hydrogens is 241 g/mol. The zero-order chi connectivity index (χ0) is 13.8. The van der Waals surface area contributed by atoms with Gasteiger partial charge in [0, 0.05) is 6.04 Å². The van der Waals surface area contributed by atoms with Crippen LogP contribution in [0.3, 0.4) is 0 Å². The summed E-state index contributed by atoms with van der Waals surface area (Å²) in [5, 5.41) is 3.19. The summed E-state index contributed by atoms with van der Waals surface area (Å²) in [5.74, 6) is 0.587. The van der Waals surface area contributed by atoms with Crippen molar-refractivity contribution in [1.29, 1.82) is 0 Å². The molecule has 2 rings (SSSR count). The van der Waals surface area contributed by atoms with Crippen molar-refractivity contribution in [2.45, 2.75) is 19.9 Å². The van der Waals surface area contributed by atoms with Crippen LogP contribution in [0.1, 0.15) is 24.1 Å². The van der Waals surface area contributed by atoms with Crippen molar-refractivity contribution in [3.63, 3.8) is 0 Å². The molecule has 0 saturated carbocycles. The first-order valence-corrected chi connectivity index (χ1v) is 6.27. The highest BCUT2D eigenvalue weighted by atomic mass is 19.1. The molecule has 100 valence electrons. The third-order valence-corrected chi connectivity index (χ3v) is 3.11. The summed E-state index contributed by atoms with van der Waals surface area (Å²) < 4.78 is 18.8. The first kappa shape index (κ1) is 13.4. The van der Waals surface area contributed by atoms with Crippen LogP contribution in [0.25, 0.3) is 0 Å². The van der Waals surface area contributed by atoms with Gasteiger partial charge in [-0.3, -0.25) is 0 Å². The van der Waals surface area contributed by atoms with Crippen LogP contribution in [-0.4, -0.2) is 7.11 Å². The Morgan fingerprint density at radius 1 is 1.11 bits per heavy atom. The van der Waals surface area contributed by atoms with Gasteiger partial charge in [-0.25, -0.2) is 4.39 Å². The van der Waals surface area contributed by atoms with Gasteiger partial charge in [-0.05, 0) is 49.2 Å². The van der Waals surface area contributed by atoms with Crippen molar-refractivity contribution in [2.75, 3.05) is 12.4 Å². The average Bonchev–Trinajstić information content (AvgIpc) is 2.43. The van der Waals surface area contributed by atoms with E-state index in [-0.39, 0.29) is 11.9 Å². The van der Waals surface area contributed by atoms with Crippen LogP contribution in [-0.2, 0) is 0 Å². The number of nitrogens with one attached hydrogen (secondary N) is 1. The fraction of sp³-hybridized carbons (Fsp3) is 0.250. The summed E-state index contributed by atoms with van der Waals surface area (Å²) in [5.41, 5.74) is 2.65. The molecule has 0 aromatic heterocycles. The van der Waals surface area contributed by atoms with E-state index in [0.717, 1.165) is 16.9 Å². The quantitative estimate of drug-likeness (QED) is 0.883. The maximum absolute atomic E-state index is 13.7. The fourth-order valence-electron chi connectivity index (χ4n) is 1.96. The minimum atomic E-state index is -0.231. The molecule has 1 unspecified atom stereocenters. The second-order valence-corrected chi connectivity index (χ2v) is 4.62. The van der Waals surface area contributed by atoms with Crippen molar-refractivity contribution in [3.8, 4) is 5.75 Å². The lowest BCUT2D eigenvalue weighted by molar-refractivity contribution is 0.414. The van der Waals surface area contributed by atoms with Crippen LogP contribution < -0.4 is 10.1 Å². The number of rotatable bonds is 4. The van der Waals surface area contributed by atoms with E-state index in [2.05, 4.69) is 5.32 Å². The predicted molar refractivity (Wildman–Crippen MR) is 76.2 cm³/mol. The van der Waals surface area contributed by atoms with Crippen LogP contribution in [0.5, 0.6) is 5.75 Å². The van der Waals surface area contributed by atoms with Crippen LogP contribution in [0.15, 0.2) is 42.5 Å². The molecule has 0 bridgehead atoms. The number of anilines is 1. The molecule has 1 atom stereocenters. The summed E-state index contributed by atoms with van der Waals surface area (Å²) in [4.78, 5) is 0. The molecule has 0 aliphatic heterocycles. The maximum atomic E-state index is 13.7. The Hall–Kier alpha value is -2.03. The average molecular weight is 259 g/mol. The Bertz CT molecular complexity index is 551. The lowest BCUT2D eigenvalue weighted by Gasteiger charge is -2.17. The Balaban J connectivity index is 2.15. The van der Waals surface area contributed by atoms with Crippen molar-refractivity contribution < 1.29 is 9.13 Å². The van der Waals surface area contributed by atoms with Gasteiger partial charge in [-0.15, -0.1) is 0 Å². The minimum Gasteiger partial charge on any atom is -0.497 e. The number of benzene rings is 2. The first-order chi connectivity index (χ1) is 9.10. The van der Waals surface area contributed by atoms with E-state index >= 15 is 0 Å². The van der Waals surface area contributed by atoms with Crippen LogP contribution in [0.2, 0.25) is 0 Å². The summed E-state index contributed by atoms with van der Waals surface area (Å²) in [6, 6.07) is 12.9. The van der Waals surface area contributed by atoms with Crippen molar-refractivity contribution in [3.05, 3.63) is 59.4 Å². The molecule has 19 heavy (non-hydrogen) atoms. The predicted octanol–water partition coefficient (Wildman–Crippen LogP) is 4.32. The van der Waals surface area contributed by atoms with Gasteiger partial charge >= 0.3 is 0 Å². The topological polar surface area (TPSA) is 21.3 Å². The van der Waals surface area contributed by atoms with E-state index in [0.29, 0.717) is 5.69 Å². The fourth-order valence-corrected chi connectivity index (χ4v) is 1.96. The highest BCUT2D eigenvalue weighted by Crippen LogP contribution is 2.24. The van der Waals surface area contributed by atoms with Crippen molar-refractivity contribution >= 4 is 5.69 Å². The number of halogens is 1. The maximum Gasteiger partial charge on any atom is 0.146 e. The van der Waals surface area contributed by atoms with Gasteiger partial charge in [0.05, 0.1) is 12.8 Å². The van der Waals surface area contributed by atoms with Gasteiger partial charge in [-0.2, -0.15) is 0 Å². The molecule has 2 aromatic carbocycles. The Kier molecular flexibility index (Phi) is 4.05. The minimum absolute atomic E-state index is 0.0298. The molecule has 2 nitrogen and oxygen atoms in total. The first-order valence-electron chi connectivity index (χ1n) is 6.27. The smallest absolute Gasteiger partial charge is 0.146 e. The van der Waals surface area contributed by atoms with E-state index in [1.165, 1.54) is 6.07 Å². The number of methoxy groups -OCH3 is 1. The zero-order valence-corrected chi connectivity index (χ0v) is 11.4. The van der Waals surface area contributed by atoms with E-state index in [9.17, 15) is 4.39 Å². The van der Waals surface area contributed by atoms with Gasteiger partial charge < -0.3 is 10.1 Å². The van der Waals surface area contributed by atoms with E-state index < -0.39 is 0 Å². The number of aryl methyl sites for hydroxylation is 1. The summed E-state index contributed by atoms with van der Waals surface area (Å²) >= 11 is 0. The van der Waals surface area contributed by atoms with Gasteiger partial charge in [-0.1, -0.05) is 18.2 Å². The summed E-state index contributed by atoms with van der Waals surface area (Å²) in [7, 11) is 1.64. The third kappa shape index (κ3) is 3.25. The molecular formula is C16H18FNO. The molecule has 3 heteroatoms. The van der Waals surface area contributed by atoms with Crippen LogP contribution in [0, 0.1) is 12.7 Å². The van der Waals surface area contributed by atoms with Gasteiger partial charge in [0.25, 0.3) is 0 Å². The highest BCUT2D eigenvalue weighted by Gasteiger charge is 2.08. The monoisotopic (exact) mass is 259 g/mol. The number of hydrogen-bond acceptors (Lipinski definition) is 2. The molecule has 0 aliphatic carbocycles. The molecule has 1 N–H and O–H groups in total. The lowest BCUT2D eigenvalue weighted by atomic mass is 10.1. The molecule has 0 amide bonds. The van der Waals surface area contributed by atoms with Gasteiger partial charge in [0.2, 0.25) is 0 Å². The molecule has 0 aliphatic rings. The second kappa shape index (κ2) is 5.74. The van der Waals surface area contributed by atoms with E-state index in [1.807, 2.05) is 44.2 Å². The lowest BCUT2D eigenvalue weighted by Crippen LogP contribution is -2.08. The Morgan fingerprint density at radius 2 is 1.79 bits per heavy atom. The largest absolute Gasteiger partial charge is 0.497 e. The van der Waals surface area contributed by atoms with E-state index in [1.54, 1.807) is 13.2 Å². The van der Waals surface area contributed by atoms with Gasteiger partial charge in [0.15, 0.2) is 0 Å². The van der Waals surface area contributed by atoms with Crippen LogP contribution >= 0.6 is 0 Å². The zero-order valence-electron chi connectivity index (χ0n) is 11.4. The molecule has 0 fully saturated rings. The van der Waals surface area contributed by atoms with Crippen molar-refractivity contribution in [2.24, 2.45) is 0 Å². The standard InChI is InChI=1S/C16H18FNO/c1-11-4-9-15(17)16(10-11)18-12(2)13-5-7-14(19-3)8-6-13/h4-10,12,18H,1-3H3. The SMILES string of the molecule is COc1ccc(C(C)Nc2cc(C)ccc2F)cc1. The molecule has 0 heterocycles. The second-order valence-electron chi connectivity index (χ2n) is 4.62. The molecule has 0 saturated heterocycles. The Morgan fingerprint density at radius 3 is 2.42 bits per heavy atom. The Labute approximate surface area is 113 Å².